The summed E-state index contributed by atoms with van der Waals surface area (Å²) in [6, 6.07) is 0. The van der Waals surface area contributed by atoms with E-state index in [4.69, 9.17) is 4.74 Å². The second-order valence-corrected chi connectivity index (χ2v) is 2.17. The highest BCUT2D eigenvalue weighted by Crippen LogP contribution is 1.87. The molecule has 0 unspecified atom stereocenters. The molecule has 0 radical (unpaired) electrons. The highest BCUT2D eigenvalue weighted by atomic mass is 16.5. The van der Waals surface area contributed by atoms with Gasteiger partial charge in [0.25, 0.3) is 0 Å². The molecule has 0 saturated carbocycles. The Morgan fingerprint density at radius 1 is 1.56 bits per heavy atom. The first kappa shape index (κ1) is 8.50. The van der Waals surface area contributed by atoms with E-state index < -0.39 is 0 Å². The molecular formula is C7H15NO. The minimum absolute atomic E-state index is 0.752. The first-order valence-corrected chi connectivity index (χ1v) is 3.17. The summed E-state index contributed by atoms with van der Waals surface area (Å²) < 4.78 is 5.11. The number of hydrogen-bond donors (Lipinski definition) is 1. The van der Waals surface area contributed by atoms with Crippen molar-refractivity contribution in [3.63, 3.8) is 0 Å². The topological polar surface area (TPSA) is 21.3 Å². The van der Waals surface area contributed by atoms with E-state index in [2.05, 4.69) is 5.32 Å². The summed E-state index contributed by atoms with van der Waals surface area (Å²) >= 11 is 0. The molecule has 0 spiro atoms. The fraction of sp³-hybridized carbons (Fsp3) is 0.714. The Hall–Kier alpha value is -0.500. The molecule has 0 saturated heterocycles. The molecular weight excluding hydrogens is 114 g/mol. The molecule has 0 aromatic carbocycles. The van der Waals surface area contributed by atoms with Gasteiger partial charge in [-0.2, -0.15) is 0 Å². The van der Waals surface area contributed by atoms with E-state index in [0.717, 1.165) is 13.2 Å². The summed E-state index contributed by atoms with van der Waals surface area (Å²) in [5.41, 5.74) is 1.20. The van der Waals surface area contributed by atoms with Crippen molar-refractivity contribution in [1.82, 2.24) is 5.32 Å². The standard InChI is InChI=1S/C7H15NO/c1-7(2)6-9-5-4-8-3/h6,8H,4-5H2,1-3H3. The first-order valence-electron chi connectivity index (χ1n) is 3.17. The molecule has 0 bridgehead atoms. The first-order chi connectivity index (χ1) is 4.27. The van der Waals surface area contributed by atoms with Crippen LogP contribution in [0, 0.1) is 0 Å². The largest absolute Gasteiger partial charge is 0.500 e. The van der Waals surface area contributed by atoms with Gasteiger partial charge in [-0.15, -0.1) is 0 Å². The van der Waals surface area contributed by atoms with Gasteiger partial charge < -0.3 is 10.1 Å². The van der Waals surface area contributed by atoms with Gasteiger partial charge in [0.05, 0.1) is 12.9 Å². The minimum atomic E-state index is 0.752. The summed E-state index contributed by atoms with van der Waals surface area (Å²) in [4.78, 5) is 0. The van der Waals surface area contributed by atoms with Crippen LogP contribution in [0.15, 0.2) is 11.8 Å². The molecule has 2 nitrogen and oxygen atoms in total. The highest BCUT2D eigenvalue weighted by Gasteiger charge is 1.79. The lowest BCUT2D eigenvalue weighted by atomic mass is 10.4. The van der Waals surface area contributed by atoms with Crippen LogP contribution in [0.3, 0.4) is 0 Å². The molecule has 9 heavy (non-hydrogen) atoms. The normalized spacial score (nSPS) is 8.78. The zero-order chi connectivity index (χ0) is 7.11. The second kappa shape index (κ2) is 5.63. The third-order valence-corrected chi connectivity index (χ3v) is 0.789. The molecule has 0 atom stereocenters. The van der Waals surface area contributed by atoms with Crippen LogP contribution in [-0.2, 0) is 4.74 Å². The number of hydrogen-bond acceptors (Lipinski definition) is 2. The fourth-order valence-electron chi connectivity index (χ4n) is 0.387. The predicted octanol–water partition coefficient (Wildman–Crippen LogP) is 1.15. The molecule has 0 rings (SSSR count). The van der Waals surface area contributed by atoms with Crippen LogP contribution >= 0.6 is 0 Å². The number of allylic oxidation sites excluding steroid dienone is 1. The molecule has 2 heteroatoms. The van der Waals surface area contributed by atoms with Crippen molar-refractivity contribution in [3.8, 4) is 0 Å². The quantitative estimate of drug-likeness (QED) is 0.454. The maximum Gasteiger partial charge on any atom is 0.0997 e. The number of likely N-dealkylation sites (N-methyl/N-ethyl adjacent to an activating group) is 1. The Morgan fingerprint density at radius 3 is 2.67 bits per heavy atom. The number of ether oxygens (including phenoxy) is 1. The minimum Gasteiger partial charge on any atom is -0.500 e. The van der Waals surface area contributed by atoms with Crippen LogP contribution < -0.4 is 5.32 Å². The average Bonchev–Trinajstić information content (AvgIpc) is 1.80. The Labute approximate surface area is 56.9 Å². The lowest BCUT2D eigenvalue weighted by molar-refractivity contribution is 0.249. The van der Waals surface area contributed by atoms with Crippen molar-refractivity contribution >= 4 is 0 Å². The number of nitrogens with one attached hydrogen (secondary N) is 1. The van der Waals surface area contributed by atoms with Crippen LogP contribution in [0.1, 0.15) is 13.8 Å². The van der Waals surface area contributed by atoms with Crippen molar-refractivity contribution < 1.29 is 4.74 Å². The molecule has 0 aromatic rings. The molecule has 0 aliphatic carbocycles. The lowest BCUT2D eigenvalue weighted by Crippen LogP contribution is -2.12. The van der Waals surface area contributed by atoms with Gasteiger partial charge in [0, 0.05) is 6.54 Å². The summed E-state index contributed by atoms with van der Waals surface area (Å²) in [6.45, 7) is 5.68. The summed E-state index contributed by atoms with van der Waals surface area (Å²) in [5.74, 6) is 0. The van der Waals surface area contributed by atoms with E-state index in [1.165, 1.54) is 5.57 Å². The van der Waals surface area contributed by atoms with Crippen LogP contribution in [0.2, 0.25) is 0 Å². The van der Waals surface area contributed by atoms with Crippen molar-refractivity contribution in [3.05, 3.63) is 11.8 Å². The zero-order valence-electron chi connectivity index (χ0n) is 6.40. The molecule has 0 aliphatic rings. The fourth-order valence-corrected chi connectivity index (χ4v) is 0.387. The predicted molar refractivity (Wildman–Crippen MR) is 39.3 cm³/mol. The van der Waals surface area contributed by atoms with Gasteiger partial charge in [-0.3, -0.25) is 0 Å². The van der Waals surface area contributed by atoms with Gasteiger partial charge in [0.1, 0.15) is 0 Å². The third-order valence-electron chi connectivity index (χ3n) is 0.789. The SMILES string of the molecule is CNCCOC=C(C)C. The zero-order valence-corrected chi connectivity index (χ0v) is 6.40. The van der Waals surface area contributed by atoms with E-state index in [-0.39, 0.29) is 0 Å². The van der Waals surface area contributed by atoms with Gasteiger partial charge in [-0.25, -0.2) is 0 Å². The van der Waals surface area contributed by atoms with E-state index >= 15 is 0 Å². The molecule has 1 N–H and O–H groups in total. The van der Waals surface area contributed by atoms with Gasteiger partial charge in [-0.05, 0) is 26.5 Å². The highest BCUT2D eigenvalue weighted by molar-refractivity contribution is 4.86. The van der Waals surface area contributed by atoms with Crippen molar-refractivity contribution in [2.45, 2.75) is 13.8 Å². The lowest BCUT2D eigenvalue weighted by Gasteiger charge is -1.98. The van der Waals surface area contributed by atoms with Crippen LogP contribution in [0.5, 0.6) is 0 Å². The van der Waals surface area contributed by atoms with E-state index in [1.54, 1.807) is 6.26 Å². The van der Waals surface area contributed by atoms with E-state index in [1.807, 2.05) is 20.9 Å². The molecule has 0 aromatic heterocycles. The Morgan fingerprint density at radius 2 is 2.22 bits per heavy atom. The van der Waals surface area contributed by atoms with Crippen molar-refractivity contribution in [2.75, 3.05) is 20.2 Å². The molecule has 0 aliphatic heterocycles. The summed E-state index contributed by atoms with van der Waals surface area (Å²) in [5, 5.41) is 2.99. The van der Waals surface area contributed by atoms with E-state index in [0.29, 0.717) is 0 Å². The Kier molecular flexibility index (Phi) is 5.32. The van der Waals surface area contributed by atoms with Crippen molar-refractivity contribution in [2.24, 2.45) is 0 Å². The van der Waals surface area contributed by atoms with Gasteiger partial charge >= 0.3 is 0 Å². The van der Waals surface area contributed by atoms with Crippen LogP contribution in [-0.4, -0.2) is 20.2 Å². The van der Waals surface area contributed by atoms with Crippen LogP contribution in [0.25, 0.3) is 0 Å². The maximum atomic E-state index is 5.11. The van der Waals surface area contributed by atoms with Gasteiger partial charge in [-0.1, -0.05) is 0 Å². The number of rotatable bonds is 4. The molecule has 54 valence electrons. The van der Waals surface area contributed by atoms with Gasteiger partial charge in [0.15, 0.2) is 0 Å². The van der Waals surface area contributed by atoms with Crippen molar-refractivity contribution in [1.29, 1.82) is 0 Å². The summed E-state index contributed by atoms with van der Waals surface area (Å²) in [7, 11) is 1.91. The summed E-state index contributed by atoms with van der Waals surface area (Å²) in [6.07, 6.45) is 1.78. The Bertz CT molecular complexity index is 84.9. The van der Waals surface area contributed by atoms with Gasteiger partial charge in [0.2, 0.25) is 0 Å². The molecule has 0 amide bonds. The smallest absolute Gasteiger partial charge is 0.0997 e. The van der Waals surface area contributed by atoms with Crippen LogP contribution in [0.4, 0.5) is 0 Å². The second-order valence-electron chi connectivity index (χ2n) is 2.17. The molecule has 0 fully saturated rings. The average molecular weight is 129 g/mol. The third kappa shape index (κ3) is 7.50. The maximum absolute atomic E-state index is 5.11. The monoisotopic (exact) mass is 129 g/mol. The Balaban J connectivity index is 3.00. The van der Waals surface area contributed by atoms with E-state index in [9.17, 15) is 0 Å². The molecule has 0 heterocycles.